The molecule has 0 unspecified atom stereocenters. The molecule has 0 aliphatic rings. The Kier molecular flexibility index (Phi) is 4.60. The zero-order chi connectivity index (χ0) is 17.8. The highest BCUT2D eigenvalue weighted by Crippen LogP contribution is 2.30. The van der Waals surface area contributed by atoms with Crippen molar-refractivity contribution < 1.29 is 14.6 Å². The van der Waals surface area contributed by atoms with Gasteiger partial charge in [-0.1, -0.05) is 0 Å². The predicted molar refractivity (Wildman–Crippen MR) is 93.7 cm³/mol. The molecule has 3 N–H and O–H groups in total. The van der Waals surface area contributed by atoms with E-state index in [9.17, 15) is 9.90 Å². The molecule has 0 saturated heterocycles. The van der Waals surface area contributed by atoms with Gasteiger partial charge in [0.25, 0.3) is 0 Å². The number of nitrogens with one attached hydrogen (secondary N) is 2. The van der Waals surface area contributed by atoms with Crippen LogP contribution in [0.4, 0.5) is 10.6 Å². The van der Waals surface area contributed by atoms with Gasteiger partial charge in [0.05, 0.1) is 19.0 Å². The number of pyridine rings is 1. The van der Waals surface area contributed by atoms with Crippen molar-refractivity contribution in [2.75, 3.05) is 19.0 Å². The molecule has 1 aromatic carbocycles. The van der Waals surface area contributed by atoms with E-state index in [1.165, 1.54) is 13.2 Å². The predicted octanol–water partition coefficient (Wildman–Crippen LogP) is 2.55. The SMILES string of the molecule is CCNC(=O)Nc1ccc2ncc(-c3ccc(O)c(OC)c3)nc2n1. The van der Waals surface area contributed by atoms with Crippen molar-refractivity contribution in [2.24, 2.45) is 0 Å². The summed E-state index contributed by atoms with van der Waals surface area (Å²) in [4.78, 5) is 24.7. The Balaban J connectivity index is 1.96. The third kappa shape index (κ3) is 3.57. The monoisotopic (exact) mass is 339 g/mol. The van der Waals surface area contributed by atoms with Crippen LogP contribution in [0.15, 0.2) is 36.5 Å². The number of aromatic hydroxyl groups is 1. The highest BCUT2D eigenvalue weighted by molar-refractivity contribution is 5.89. The van der Waals surface area contributed by atoms with E-state index in [1.807, 2.05) is 6.92 Å². The smallest absolute Gasteiger partial charge is 0.320 e. The summed E-state index contributed by atoms with van der Waals surface area (Å²) in [7, 11) is 1.48. The first-order chi connectivity index (χ1) is 12.1. The normalized spacial score (nSPS) is 10.5. The Bertz CT molecular complexity index is 929. The van der Waals surface area contributed by atoms with Crippen LogP contribution in [0.25, 0.3) is 22.4 Å². The van der Waals surface area contributed by atoms with Crippen molar-refractivity contribution in [1.29, 1.82) is 0 Å². The standard InChI is InChI=1S/C17H17N5O3/c1-3-18-17(24)22-15-7-5-11-16(21-15)20-12(9-19-11)10-4-6-13(23)14(8-10)25-2/h4-9,23H,3H2,1-2H3,(H2,18,20,21,22,24). The maximum absolute atomic E-state index is 11.6. The number of rotatable bonds is 4. The van der Waals surface area contributed by atoms with Crippen LogP contribution in [0.5, 0.6) is 11.5 Å². The molecule has 8 nitrogen and oxygen atoms in total. The molecule has 3 rings (SSSR count). The summed E-state index contributed by atoms with van der Waals surface area (Å²) in [6.45, 7) is 2.35. The van der Waals surface area contributed by atoms with Gasteiger partial charge < -0.3 is 15.2 Å². The lowest BCUT2D eigenvalue weighted by molar-refractivity contribution is 0.252. The fraction of sp³-hybridized carbons (Fsp3) is 0.176. The number of benzene rings is 1. The summed E-state index contributed by atoms with van der Waals surface area (Å²) in [6, 6.07) is 7.97. The maximum atomic E-state index is 11.6. The van der Waals surface area contributed by atoms with E-state index in [1.54, 1.807) is 30.5 Å². The maximum Gasteiger partial charge on any atom is 0.320 e. The minimum Gasteiger partial charge on any atom is -0.504 e. The molecule has 2 aromatic heterocycles. The summed E-state index contributed by atoms with van der Waals surface area (Å²) in [5, 5.41) is 15.0. The molecule has 0 aliphatic carbocycles. The molecule has 0 atom stereocenters. The van der Waals surface area contributed by atoms with Gasteiger partial charge in [0.1, 0.15) is 11.3 Å². The quantitative estimate of drug-likeness (QED) is 0.674. The van der Waals surface area contributed by atoms with E-state index >= 15 is 0 Å². The zero-order valence-electron chi connectivity index (χ0n) is 13.8. The van der Waals surface area contributed by atoms with Crippen LogP contribution in [-0.4, -0.2) is 39.7 Å². The molecule has 8 heteroatoms. The first-order valence-corrected chi connectivity index (χ1v) is 7.66. The lowest BCUT2D eigenvalue weighted by atomic mass is 10.1. The largest absolute Gasteiger partial charge is 0.504 e. The second-order valence-electron chi connectivity index (χ2n) is 5.17. The van der Waals surface area contributed by atoms with E-state index in [2.05, 4.69) is 25.6 Å². The number of phenols is 1. The van der Waals surface area contributed by atoms with E-state index in [0.29, 0.717) is 35.0 Å². The lowest BCUT2D eigenvalue weighted by Gasteiger charge is -2.08. The number of ether oxygens (including phenoxy) is 1. The molecule has 2 heterocycles. The highest BCUT2D eigenvalue weighted by atomic mass is 16.5. The number of fused-ring (bicyclic) bond motifs is 1. The third-order valence-corrected chi connectivity index (χ3v) is 3.46. The Hall–Kier alpha value is -3.42. The van der Waals surface area contributed by atoms with Gasteiger partial charge in [-0.3, -0.25) is 10.3 Å². The van der Waals surface area contributed by atoms with Crippen molar-refractivity contribution in [3.63, 3.8) is 0 Å². The fourth-order valence-corrected chi connectivity index (χ4v) is 2.26. The molecule has 0 bridgehead atoms. The number of hydrogen-bond acceptors (Lipinski definition) is 6. The van der Waals surface area contributed by atoms with E-state index in [0.717, 1.165) is 5.56 Å². The van der Waals surface area contributed by atoms with Crippen molar-refractivity contribution in [3.05, 3.63) is 36.5 Å². The first kappa shape index (κ1) is 16.4. The molecule has 0 aliphatic heterocycles. The van der Waals surface area contributed by atoms with E-state index in [-0.39, 0.29) is 11.8 Å². The van der Waals surface area contributed by atoms with Crippen LogP contribution in [0.2, 0.25) is 0 Å². The molecular formula is C17H17N5O3. The van der Waals surface area contributed by atoms with Gasteiger partial charge in [0, 0.05) is 12.1 Å². The van der Waals surface area contributed by atoms with Crippen molar-refractivity contribution in [2.45, 2.75) is 6.92 Å². The van der Waals surface area contributed by atoms with Crippen molar-refractivity contribution in [3.8, 4) is 22.8 Å². The van der Waals surface area contributed by atoms with Crippen LogP contribution in [0, 0.1) is 0 Å². The lowest BCUT2D eigenvalue weighted by Crippen LogP contribution is -2.28. The average molecular weight is 339 g/mol. The fourth-order valence-electron chi connectivity index (χ4n) is 2.26. The van der Waals surface area contributed by atoms with Crippen molar-refractivity contribution >= 4 is 23.0 Å². The Morgan fingerprint density at radius 2 is 2.08 bits per heavy atom. The molecule has 0 saturated carbocycles. The minimum atomic E-state index is -0.332. The minimum absolute atomic E-state index is 0.0477. The van der Waals surface area contributed by atoms with Gasteiger partial charge in [0.15, 0.2) is 17.1 Å². The zero-order valence-corrected chi connectivity index (χ0v) is 13.8. The van der Waals surface area contributed by atoms with Gasteiger partial charge in [-0.2, -0.15) is 0 Å². The number of carbonyl (C=O) groups excluding carboxylic acids is 1. The third-order valence-electron chi connectivity index (χ3n) is 3.46. The molecule has 0 fully saturated rings. The molecule has 0 spiro atoms. The summed E-state index contributed by atoms with van der Waals surface area (Å²) in [6.07, 6.45) is 1.62. The summed E-state index contributed by atoms with van der Waals surface area (Å²) >= 11 is 0. The van der Waals surface area contributed by atoms with Crippen molar-refractivity contribution in [1.82, 2.24) is 20.3 Å². The Morgan fingerprint density at radius 1 is 1.24 bits per heavy atom. The van der Waals surface area contributed by atoms with Crippen LogP contribution in [-0.2, 0) is 0 Å². The van der Waals surface area contributed by atoms with E-state index < -0.39 is 0 Å². The molecule has 25 heavy (non-hydrogen) atoms. The van der Waals surface area contributed by atoms with Gasteiger partial charge in [-0.15, -0.1) is 0 Å². The number of hydrogen-bond donors (Lipinski definition) is 3. The molecule has 0 radical (unpaired) electrons. The summed E-state index contributed by atoms with van der Waals surface area (Å²) < 4.78 is 5.11. The first-order valence-electron chi connectivity index (χ1n) is 7.66. The van der Waals surface area contributed by atoms with Crippen LogP contribution in [0.3, 0.4) is 0 Å². The average Bonchev–Trinajstić information content (AvgIpc) is 2.61. The molecule has 2 amide bonds. The van der Waals surface area contributed by atoms with Crippen LogP contribution >= 0.6 is 0 Å². The summed E-state index contributed by atoms with van der Waals surface area (Å²) in [5.74, 6) is 0.777. The second-order valence-corrected chi connectivity index (χ2v) is 5.17. The van der Waals surface area contributed by atoms with Crippen LogP contribution in [0.1, 0.15) is 6.92 Å². The second kappa shape index (κ2) is 7.00. The van der Waals surface area contributed by atoms with Gasteiger partial charge >= 0.3 is 6.03 Å². The summed E-state index contributed by atoms with van der Waals surface area (Å²) in [5.41, 5.74) is 2.32. The number of phenolic OH excluding ortho intramolecular Hbond substituents is 1. The van der Waals surface area contributed by atoms with E-state index in [4.69, 9.17) is 4.74 Å². The number of aromatic nitrogens is 3. The topological polar surface area (TPSA) is 109 Å². The number of urea groups is 1. The number of methoxy groups -OCH3 is 1. The Labute approximate surface area is 143 Å². The van der Waals surface area contributed by atoms with Gasteiger partial charge in [0.2, 0.25) is 0 Å². The molecule has 128 valence electrons. The highest BCUT2D eigenvalue weighted by Gasteiger charge is 2.09. The number of anilines is 1. The van der Waals surface area contributed by atoms with Crippen LogP contribution < -0.4 is 15.4 Å². The molecular weight excluding hydrogens is 322 g/mol. The number of carbonyl (C=O) groups is 1. The number of nitrogens with zero attached hydrogens (tertiary/aromatic N) is 3. The van der Waals surface area contributed by atoms with Gasteiger partial charge in [-0.25, -0.2) is 14.8 Å². The molecule has 3 aromatic rings. The number of amides is 2. The van der Waals surface area contributed by atoms with Gasteiger partial charge in [-0.05, 0) is 37.3 Å². The Morgan fingerprint density at radius 3 is 2.84 bits per heavy atom.